The van der Waals surface area contributed by atoms with Gasteiger partial charge in [0.2, 0.25) is 0 Å². The molecule has 3 rings (SSSR count). The van der Waals surface area contributed by atoms with Crippen molar-refractivity contribution >= 4 is 23.2 Å². The summed E-state index contributed by atoms with van der Waals surface area (Å²) in [4.78, 5) is 25.0. The van der Waals surface area contributed by atoms with Gasteiger partial charge in [-0.25, -0.2) is 9.78 Å². The Kier molecular flexibility index (Phi) is 6.11. The van der Waals surface area contributed by atoms with Gasteiger partial charge >= 0.3 is 6.03 Å². The summed E-state index contributed by atoms with van der Waals surface area (Å²) in [5.41, 5.74) is 2.79. The van der Waals surface area contributed by atoms with Crippen LogP contribution in [0, 0.1) is 6.92 Å². The van der Waals surface area contributed by atoms with Gasteiger partial charge in [0.15, 0.2) is 0 Å². The maximum Gasteiger partial charge on any atom is 0.321 e. The van der Waals surface area contributed by atoms with Crippen LogP contribution < -0.4 is 15.5 Å². The molecule has 2 amide bonds. The van der Waals surface area contributed by atoms with Crippen molar-refractivity contribution in [3.63, 3.8) is 0 Å². The van der Waals surface area contributed by atoms with Crippen molar-refractivity contribution < 1.29 is 4.79 Å². The Morgan fingerprint density at radius 1 is 1.15 bits per heavy atom. The highest BCUT2D eigenvalue weighted by atomic mass is 16.2. The molecule has 1 aliphatic heterocycles. The number of nitrogens with one attached hydrogen (secondary N) is 2. The van der Waals surface area contributed by atoms with Crippen LogP contribution in [0.5, 0.6) is 0 Å². The first-order chi connectivity index (χ1) is 13.0. The molecule has 0 aromatic carbocycles. The summed E-state index contributed by atoms with van der Waals surface area (Å²) >= 11 is 0. The molecule has 0 saturated carbocycles. The summed E-state index contributed by atoms with van der Waals surface area (Å²) < 4.78 is 0. The minimum Gasteiger partial charge on any atom is -0.381 e. The van der Waals surface area contributed by atoms with E-state index in [0.717, 1.165) is 55.1 Å². The first-order valence-electron chi connectivity index (χ1n) is 9.39. The Labute approximate surface area is 160 Å². The molecule has 1 unspecified atom stereocenters. The maximum absolute atomic E-state index is 12.5. The number of pyridine rings is 2. The zero-order valence-electron chi connectivity index (χ0n) is 16.3. The smallest absolute Gasteiger partial charge is 0.321 e. The second-order valence-electron chi connectivity index (χ2n) is 7.24. The van der Waals surface area contributed by atoms with E-state index in [4.69, 9.17) is 0 Å². The molecule has 7 heteroatoms. The largest absolute Gasteiger partial charge is 0.381 e. The quantitative estimate of drug-likeness (QED) is 0.866. The van der Waals surface area contributed by atoms with E-state index >= 15 is 0 Å². The molecule has 2 aromatic rings. The normalized spacial score (nSPS) is 17.1. The predicted molar refractivity (Wildman–Crippen MR) is 109 cm³/mol. The summed E-state index contributed by atoms with van der Waals surface area (Å²) in [5.74, 6) is 0.940. The Morgan fingerprint density at radius 2 is 2.00 bits per heavy atom. The molecule has 7 nitrogen and oxygen atoms in total. The lowest BCUT2D eigenvalue weighted by Gasteiger charge is -2.22. The second kappa shape index (κ2) is 8.70. The lowest BCUT2D eigenvalue weighted by molar-refractivity contribution is 0.213. The third kappa shape index (κ3) is 5.32. The molecule has 1 atom stereocenters. The van der Waals surface area contributed by atoms with E-state index in [1.54, 1.807) is 12.4 Å². The van der Waals surface area contributed by atoms with Crippen molar-refractivity contribution in [2.75, 3.05) is 42.7 Å². The van der Waals surface area contributed by atoms with Crippen molar-refractivity contribution in [2.24, 2.45) is 0 Å². The third-order valence-electron chi connectivity index (χ3n) is 4.72. The molecule has 3 heterocycles. The minimum atomic E-state index is -0.0555. The lowest BCUT2D eigenvalue weighted by Crippen LogP contribution is -2.36. The standard InChI is InChI=1S/C20H28N6O/c1-15-11-18(13-21-12-15)24-20(27)26-9-4-5-16(8-10-26)23-17-6-7-19(22-14-17)25(2)3/h6-7,11-14,16,23H,4-5,8-10H2,1-3H3,(H,24,27). The Hall–Kier alpha value is -2.83. The van der Waals surface area contributed by atoms with Gasteiger partial charge in [-0.15, -0.1) is 0 Å². The molecule has 1 aliphatic rings. The number of carbonyl (C=O) groups excluding carboxylic acids is 1. The van der Waals surface area contributed by atoms with Gasteiger partial charge in [0.05, 0.1) is 23.8 Å². The summed E-state index contributed by atoms with van der Waals surface area (Å²) in [6.45, 7) is 3.46. The molecule has 0 aliphatic carbocycles. The number of rotatable bonds is 4. The molecule has 0 spiro atoms. The number of hydrogen-bond acceptors (Lipinski definition) is 5. The van der Waals surface area contributed by atoms with E-state index in [0.29, 0.717) is 6.04 Å². The first kappa shape index (κ1) is 18.9. The van der Waals surface area contributed by atoms with Crippen molar-refractivity contribution in [2.45, 2.75) is 32.2 Å². The minimum absolute atomic E-state index is 0.0555. The number of carbonyl (C=O) groups is 1. The van der Waals surface area contributed by atoms with Crippen LogP contribution in [-0.4, -0.2) is 54.1 Å². The van der Waals surface area contributed by atoms with Crippen LogP contribution in [0.3, 0.4) is 0 Å². The molecular formula is C20H28N6O. The van der Waals surface area contributed by atoms with Crippen LogP contribution in [0.25, 0.3) is 0 Å². The SMILES string of the molecule is Cc1cncc(NC(=O)N2CCCC(Nc3ccc(N(C)C)nc3)CC2)c1. The van der Waals surface area contributed by atoms with E-state index in [-0.39, 0.29) is 6.03 Å². The monoisotopic (exact) mass is 368 g/mol. The van der Waals surface area contributed by atoms with Gasteiger partial charge in [0.1, 0.15) is 5.82 Å². The highest BCUT2D eigenvalue weighted by Crippen LogP contribution is 2.19. The Bertz CT molecular complexity index is 761. The summed E-state index contributed by atoms with van der Waals surface area (Å²) in [6, 6.07) is 6.28. The van der Waals surface area contributed by atoms with Crippen molar-refractivity contribution in [1.29, 1.82) is 0 Å². The third-order valence-corrected chi connectivity index (χ3v) is 4.72. The van der Waals surface area contributed by atoms with Gasteiger partial charge in [0, 0.05) is 39.4 Å². The maximum atomic E-state index is 12.5. The highest BCUT2D eigenvalue weighted by Gasteiger charge is 2.21. The highest BCUT2D eigenvalue weighted by molar-refractivity contribution is 5.89. The molecular weight excluding hydrogens is 340 g/mol. The molecule has 0 radical (unpaired) electrons. The fraction of sp³-hybridized carbons (Fsp3) is 0.450. The first-order valence-corrected chi connectivity index (χ1v) is 9.39. The van der Waals surface area contributed by atoms with Crippen LogP contribution in [0.2, 0.25) is 0 Å². The number of amides is 2. The molecule has 144 valence electrons. The fourth-order valence-electron chi connectivity index (χ4n) is 3.24. The van der Waals surface area contributed by atoms with Crippen LogP contribution in [0.4, 0.5) is 22.0 Å². The van der Waals surface area contributed by atoms with Crippen molar-refractivity contribution in [3.8, 4) is 0 Å². The van der Waals surface area contributed by atoms with Gasteiger partial charge in [0.25, 0.3) is 0 Å². The van der Waals surface area contributed by atoms with Crippen LogP contribution in [-0.2, 0) is 0 Å². The molecule has 27 heavy (non-hydrogen) atoms. The van der Waals surface area contributed by atoms with Gasteiger partial charge in [-0.2, -0.15) is 0 Å². The average molecular weight is 368 g/mol. The molecule has 1 saturated heterocycles. The van der Waals surface area contributed by atoms with Crippen LogP contribution in [0.1, 0.15) is 24.8 Å². The number of aromatic nitrogens is 2. The van der Waals surface area contributed by atoms with Gasteiger partial charge < -0.3 is 20.4 Å². The second-order valence-corrected chi connectivity index (χ2v) is 7.24. The van der Waals surface area contributed by atoms with E-state index < -0.39 is 0 Å². The zero-order chi connectivity index (χ0) is 19.2. The topological polar surface area (TPSA) is 73.4 Å². The molecule has 2 aromatic heterocycles. The van der Waals surface area contributed by atoms with E-state index in [1.807, 2.05) is 49.1 Å². The molecule has 0 bridgehead atoms. The number of likely N-dealkylation sites (tertiary alicyclic amines) is 1. The van der Waals surface area contributed by atoms with E-state index in [1.165, 1.54) is 0 Å². The number of anilines is 3. The summed E-state index contributed by atoms with van der Waals surface area (Å²) in [7, 11) is 3.96. The lowest BCUT2D eigenvalue weighted by atomic mass is 10.1. The summed E-state index contributed by atoms with van der Waals surface area (Å²) in [5, 5.41) is 6.51. The average Bonchev–Trinajstić information content (AvgIpc) is 2.88. The summed E-state index contributed by atoms with van der Waals surface area (Å²) in [6.07, 6.45) is 8.24. The van der Waals surface area contributed by atoms with E-state index in [9.17, 15) is 4.79 Å². The van der Waals surface area contributed by atoms with Crippen LogP contribution in [0.15, 0.2) is 36.8 Å². The Morgan fingerprint density at radius 3 is 2.70 bits per heavy atom. The van der Waals surface area contributed by atoms with Crippen molar-refractivity contribution in [3.05, 3.63) is 42.4 Å². The predicted octanol–water partition coefficient (Wildman–Crippen LogP) is 3.35. The number of aryl methyl sites for hydroxylation is 1. The molecule has 2 N–H and O–H groups in total. The Balaban J connectivity index is 1.53. The van der Waals surface area contributed by atoms with Gasteiger partial charge in [-0.1, -0.05) is 0 Å². The number of nitrogens with zero attached hydrogens (tertiary/aromatic N) is 4. The molecule has 1 fully saturated rings. The fourth-order valence-corrected chi connectivity index (χ4v) is 3.24. The van der Waals surface area contributed by atoms with E-state index in [2.05, 4.69) is 26.7 Å². The van der Waals surface area contributed by atoms with Gasteiger partial charge in [-0.3, -0.25) is 4.98 Å². The zero-order valence-corrected chi connectivity index (χ0v) is 16.3. The number of hydrogen-bond donors (Lipinski definition) is 2. The van der Waals surface area contributed by atoms with Gasteiger partial charge in [-0.05, 0) is 49.9 Å². The van der Waals surface area contributed by atoms with Crippen molar-refractivity contribution in [1.82, 2.24) is 14.9 Å². The van der Waals surface area contributed by atoms with Crippen LogP contribution >= 0.6 is 0 Å². The number of urea groups is 1.